The van der Waals surface area contributed by atoms with Crippen molar-refractivity contribution in [2.24, 2.45) is 5.41 Å². The normalized spacial score (nSPS) is 27.7. The summed E-state index contributed by atoms with van der Waals surface area (Å²) in [6.07, 6.45) is 6.13. The molecule has 20 heavy (non-hydrogen) atoms. The Bertz CT molecular complexity index is 448. The van der Waals surface area contributed by atoms with Crippen LogP contribution in [0.3, 0.4) is 0 Å². The van der Waals surface area contributed by atoms with Gasteiger partial charge in [0.1, 0.15) is 6.29 Å². The van der Waals surface area contributed by atoms with E-state index in [1.54, 1.807) is 0 Å². The average Bonchev–Trinajstić information content (AvgIpc) is 2.80. The third-order valence-electron chi connectivity index (χ3n) is 5.03. The highest BCUT2D eigenvalue weighted by molar-refractivity contribution is 5.52. The van der Waals surface area contributed by atoms with Crippen molar-refractivity contribution in [2.75, 3.05) is 37.6 Å². The summed E-state index contributed by atoms with van der Waals surface area (Å²) in [6.45, 7) is 5.15. The molecule has 0 saturated carbocycles. The number of nitrogens with zero attached hydrogens (tertiary/aromatic N) is 2. The summed E-state index contributed by atoms with van der Waals surface area (Å²) in [5, 5.41) is 0. The van der Waals surface area contributed by atoms with Gasteiger partial charge in [0.2, 0.25) is 0 Å². The van der Waals surface area contributed by atoms with Crippen molar-refractivity contribution in [3.8, 4) is 0 Å². The molecule has 2 saturated heterocycles. The van der Waals surface area contributed by atoms with Crippen molar-refractivity contribution >= 4 is 12.0 Å². The molecule has 2 aliphatic heterocycles. The third kappa shape index (κ3) is 2.88. The second-order valence-corrected chi connectivity index (χ2v) is 6.33. The zero-order chi connectivity index (χ0) is 13.8. The van der Waals surface area contributed by atoms with Crippen LogP contribution in [-0.2, 0) is 4.79 Å². The molecule has 3 heteroatoms. The summed E-state index contributed by atoms with van der Waals surface area (Å²) in [5.74, 6) is 0. The fraction of sp³-hybridized carbons (Fsp3) is 0.588. The van der Waals surface area contributed by atoms with Gasteiger partial charge in [0.05, 0.1) is 6.54 Å². The average molecular weight is 272 g/mol. The Morgan fingerprint density at radius 1 is 1.05 bits per heavy atom. The molecule has 0 aliphatic carbocycles. The molecule has 2 heterocycles. The lowest BCUT2D eigenvalue weighted by molar-refractivity contribution is -0.108. The van der Waals surface area contributed by atoms with Crippen LogP contribution in [0.5, 0.6) is 0 Å². The van der Waals surface area contributed by atoms with Gasteiger partial charge in [-0.2, -0.15) is 0 Å². The minimum absolute atomic E-state index is 0.480. The van der Waals surface area contributed by atoms with E-state index in [9.17, 15) is 4.79 Å². The molecule has 0 amide bonds. The van der Waals surface area contributed by atoms with Gasteiger partial charge in [0.25, 0.3) is 0 Å². The van der Waals surface area contributed by atoms with Gasteiger partial charge in [-0.25, -0.2) is 0 Å². The van der Waals surface area contributed by atoms with Gasteiger partial charge in [-0.3, -0.25) is 4.90 Å². The Labute approximate surface area is 121 Å². The van der Waals surface area contributed by atoms with Crippen LogP contribution in [0.25, 0.3) is 0 Å². The first-order chi connectivity index (χ1) is 9.81. The largest absolute Gasteiger partial charge is 0.371 e. The van der Waals surface area contributed by atoms with Crippen molar-refractivity contribution in [1.82, 2.24) is 4.90 Å². The van der Waals surface area contributed by atoms with E-state index in [1.165, 1.54) is 44.5 Å². The molecule has 3 rings (SSSR count). The first-order valence-electron chi connectivity index (χ1n) is 7.77. The van der Waals surface area contributed by atoms with Gasteiger partial charge in [-0.15, -0.1) is 0 Å². The highest BCUT2D eigenvalue weighted by Gasteiger charge is 2.39. The molecule has 2 aliphatic rings. The number of hydrogen-bond donors (Lipinski definition) is 0. The maximum Gasteiger partial charge on any atom is 0.133 e. The number of hydrogen-bond acceptors (Lipinski definition) is 3. The van der Waals surface area contributed by atoms with E-state index in [0.29, 0.717) is 12.0 Å². The minimum Gasteiger partial charge on any atom is -0.371 e. The van der Waals surface area contributed by atoms with Crippen molar-refractivity contribution in [1.29, 1.82) is 0 Å². The highest BCUT2D eigenvalue weighted by Crippen LogP contribution is 2.41. The second kappa shape index (κ2) is 5.96. The monoisotopic (exact) mass is 272 g/mol. The highest BCUT2D eigenvalue weighted by atomic mass is 16.1. The van der Waals surface area contributed by atoms with Crippen molar-refractivity contribution in [2.45, 2.75) is 25.7 Å². The topological polar surface area (TPSA) is 23.6 Å². The molecule has 0 N–H and O–H groups in total. The van der Waals surface area contributed by atoms with Gasteiger partial charge in [0.15, 0.2) is 0 Å². The quantitative estimate of drug-likeness (QED) is 0.790. The zero-order valence-electron chi connectivity index (χ0n) is 12.1. The first kappa shape index (κ1) is 13.6. The molecule has 2 fully saturated rings. The summed E-state index contributed by atoms with van der Waals surface area (Å²) in [5.41, 5.74) is 1.84. The van der Waals surface area contributed by atoms with Crippen molar-refractivity contribution < 1.29 is 4.79 Å². The van der Waals surface area contributed by atoms with E-state index in [2.05, 4.69) is 40.1 Å². The molecule has 1 spiro atoms. The Balaban J connectivity index is 1.65. The predicted octanol–water partition coefficient (Wildman–Crippen LogP) is 2.57. The first-order valence-corrected chi connectivity index (χ1v) is 7.77. The van der Waals surface area contributed by atoms with Gasteiger partial charge in [-0.1, -0.05) is 18.2 Å². The van der Waals surface area contributed by atoms with Crippen LogP contribution in [0.15, 0.2) is 30.3 Å². The Kier molecular flexibility index (Phi) is 4.06. The molecule has 0 aromatic heterocycles. The Morgan fingerprint density at radius 2 is 1.85 bits per heavy atom. The second-order valence-electron chi connectivity index (χ2n) is 6.33. The summed E-state index contributed by atoms with van der Waals surface area (Å²) in [7, 11) is 0. The lowest BCUT2D eigenvalue weighted by Crippen LogP contribution is -2.30. The van der Waals surface area contributed by atoms with Gasteiger partial charge < -0.3 is 9.69 Å². The third-order valence-corrected chi connectivity index (χ3v) is 5.03. The van der Waals surface area contributed by atoms with Crippen LogP contribution >= 0.6 is 0 Å². The molecule has 108 valence electrons. The summed E-state index contributed by atoms with van der Waals surface area (Å²) < 4.78 is 0. The molecule has 1 aromatic carbocycles. The molecule has 3 nitrogen and oxygen atoms in total. The van der Waals surface area contributed by atoms with Crippen LogP contribution < -0.4 is 4.90 Å². The maximum atomic E-state index is 10.7. The molecule has 1 aromatic rings. The van der Waals surface area contributed by atoms with Gasteiger partial charge in [0, 0.05) is 18.8 Å². The molecule has 0 radical (unpaired) electrons. The summed E-state index contributed by atoms with van der Waals surface area (Å²) in [6, 6.07) is 10.8. The van der Waals surface area contributed by atoms with E-state index in [-0.39, 0.29) is 0 Å². The zero-order valence-corrected chi connectivity index (χ0v) is 12.1. The fourth-order valence-electron chi connectivity index (χ4n) is 3.80. The minimum atomic E-state index is 0.480. The van der Waals surface area contributed by atoms with Crippen LogP contribution in [0.4, 0.5) is 5.69 Å². The number of para-hydroxylation sites is 1. The number of anilines is 1. The van der Waals surface area contributed by atoms with E-state index >= 15 is 0 Å². The SMILES string of the molecule is O=CCN1CCCC2(CC1)CCN(c1ccccc1)C2. The van der Waals surface area contributed by atoms with E-state index in [1.807, 2.05) is 0 Å². The maximum absolute atomic E-state index is 10.7. The summed E-state index contributed by atoms with van der Waals surface area (Å²) in [4.78, 5) is 15.5. The van der Waals surface area contributed by atoms with Crippen LogP contribution in [-0.4, -0.2) is 43.9 Å². The van der Waals surface area contributed by atoms with Crippen molar-refractivity contribution in [3.05, 3.63) is 30.3 Å². The molecule has 1 atom stereocenters. The van der Waals surface area contributed by atoms with Gasteiger partial charge in [-0.05, 0) is 56.3 Å². The smallest absolute Gasteiger partial charge is 0.133 e. The number of aldehydes is 1. The van der Waals surface area contributed by atoms with Crippen molar-refractivity contribution in [3.63, 3.8) is 0 Å². The number of likely N-dealkylation sites (tertiary alicyclic amines) is 1. The van der Waals surface area contributed by atoms with Crippen LogP contribution in [0, 0.1) is 5.41 Å². The molecule has 0 bridgehead atoms. The number of rotatable bonds is 3. The van der Waals surface area contributed by atoms with E-state index in [0.717, 1.165) is 19.4 Å². The number of benzene rings is 1. The Hall–Kier alpha value is -1.35. The lowest BCUT2D eigenvalue weighted by atomic mass is 9.80. The molecular weight excluding hydrogens is 248 g/mol. The summed E-state index contributed by atoms with van der Waals surface area (Å²) >= 11 is 0. The molecule has 1 unspecified atom stereocenters. The van der Waals surface area contributed by atoms with E-state index in [4.69, 9.17) is 0 Å². The van der Waals surface area contributed by atoms with E-state index < -0.39 is 0 Å². The van der Waals surface area contributed by atoms with Crippen LogP contribution in [0.2, 0.25) is 0 Å². The number of carbonyl (C=O) groups is 1. The standard InChI is InChI=1S/C17H24N2O/c20-14-13-18-10-4-7-17(8-11-18)9-12-19(15-17)16-5-2-1-3-6-16/h1-3,5-6,14H,4,7-13,15H2. The number of carbonyl (C=O) groups excluding carboxylic acids is 1. The Morgan fingerprint density at radius 3 is 2.65 bits per heavy atom. The lowest BCUT2D eigenvalue weighted by Gasteiger charge is -2.28. The van der Waals surface area contributed by atoms with Gasteiger partial charge >= 0.3 is 0 Å². The predicted molar refractivity (Wildman–Crippen MR) is 82.1 cm³/mol. The fourth-order valence-corrected chi connectivity index (χ4v) is 3.80. The molecular formula is C17H24N2O. The van der Waals surface area contributed by atoms with Crippen LogP contribution in [0.1, 0.15) is 25.7 Å².